The summed E-state index contributed by atoms with van der Waals surface area (Å²) >= 11 is 5.24. The third-order valence-electron chi connectivity index (χ3n) is 1.10. The van der Waals surface area contributed by atoms with Gasteiger partial charge in [0.25, 0.3) is 0 Å². The lowest BCUT2D eigenvalue weighted by atomic mass is 10.4. The number of pyridine rings is 1. The van der Waals surface area contributed by atoms with E-state index in [0.717, 1.165) is 0 Å². The molecule has 1 heterocycles. The maximum atomic E-state index is 12.5. The van der Waals surface area contributed by atoms with Crippen LogP contribution in [0.5, 0.6) is 0 Å². The van der Waals surface area contributed by atoms with E-state index in [4.69, 9.17) is 11.6 Å². The van der Waals surface area contributed by atoms with Crippen LogP contribution in [0.15, 0.2) is 6.07 Å². The number of anilines is 1. The van der Waals surface area contributed by atoms with Gasteiger partial charge in [-0.05, 0) is 0 Å². The average Bonchev–Trinajstić information content (AvgIpc) is 1.98. The van der Waals surface area contributed by atoms with E-state index in [0.29, 0.717) is 6.07 Å². The molecular formula is C5H2ClF2N3O2. The summed E-state index contributed by atoms with van der Waals surface area (Å²) in [5.41, 5.74) is 1.05. The van der Waals surface area contributed by atoms with Crippen LogP contribution in [0.3, 0.4) is 0 Å². The average molecular weight is 210 g/mol. The molecule has 0 aliphatic carbocycles. The highest BCUT2D eigenvalue weighted by Gasteiger charge is 2.13. The Morgan fingerprint density at radius 2 is 2.23 bits per heavy atom. The molecule has 1 aromatic heterocycles. The van der Waals surface area contributed by atoms with Crippen molar-refractivity contribution < 1.29 is 13.8 Å². The van der Waals surface area contributed by atoms with Crippen molar-refractivity contribution in [2.24, 2.45) is 0 Å². The van der Waals surface area contributed by atoms with Crippen molar-refractivity contribution in [1.29, 1.82) is 0 Å². The molecule has 0 saturated carbocycles. The fourth-order valence-electron chi connectivity index (χ4n) is 0.648. The van der Waals surface area contributed by atoms with Crippen LogP contribution in [0.25, 0.3) is 0 Å². The normalized spacial score (nSPS) is 9.77. The second-order valence-corrected chi connectivity index (χ2v) is 2.34. The maximum Gasteiger partial charge on any atom is 0.236 e. The number of rotatable bonds is 2. The zero-order valence-electron chi connectivity index (χ0n) is 5.92. The van der Waals surface area contributed by atoms with Gasteiger partial charge in [0.05, 0.1) is 0 Å². The van der Waals surface area contributed by atoms with Gasteiger partial charge in [-0.1, -0.05) is 11.6 Å². The van der Waals surface area contributed by atoms with Gasteiger partial charge in [0.1, 0.15) is 10.7 Å². The fraction of sp³-hybridized carbons (Fsp3) is 0. The minimum absolute atomic E-state index is 0.475. The monoisotopic (exact) mass is 209 g/mol. The standard InChI is InChI=1S/C5H2ClF2N3O2/c6-4-2(10-11(12)13)1-3(7)9-5(4)8/h1H,(H,9,10). The first-order valence-corrected chi connectivity index (χ1v) is 3.31. The molecule has 0 atom stereocenters. The lowest BCUT2D eigenvalue weighted by Crippen LogP contribution is -2.09. The largest absolute Gasteiger partial charge is 0.236 e. The van der Waals surface area contributed by atoms with E-state index < -0.39 is 27.6 Å². The first kappa shape index (κ1) is 9.59. The molecule has 13 heavy (non-hydrogen) atoms. The Morgan fingerprint density at radius 1 is 1.62 bits per heavy atom. The van der Waals surface area contributed by atoms with E-state index in [1.54, 1.807) is 0 Å². The third-order valence-corrected chi connectivity index (χ3v) is 1.46. The van der Waals surface area contributed by atoms with Gasteiger partial charge in [0.2, 0.25) is 11.9 Å². The number of nitrogens with zero attached hydrogens (tertiary/aromatic N) is 2. The maximum absolute atomic E-state index is 12.5. The Balaban J connectivity index is 3.12. The van der Waals surface area contributed by atoms with Crippen molar-refractivity contribution in [3.8, 4) is 0 Å². The van der Waals surface area contributed by atoms with Gasteiger partial charge >= 0.3 is 0 Å². The summed E-state index contributed by atoms with van der Waals surface area (Å²) in [6.45, 7) is 0. The molecule has 0 bridgehead atoms. The lowest BCUT2D eigenvalue weighted by Gasteiger charge is -2.00. The van der Waals surface area contributed by atoms with Crippen LogP contribution in [0.1, 0.15) is 0 Å². The second-order valence-electron chi connectivity index (χ2n) is 1.97. The Kier molecular flexibility index (Phi) is 2.57. The van der Waals surface area contributed by atoms with E-state index >= 15 is 0 Å². The molecule has 0 saturated heterocycles. The van der Waals surface area contributed by atoms with Crippen molar-refractivity contribution in [2.45, 2.75) is 0 Å². The molecule has 70 valence electrons. The SMILES string of the molecule is O=[N+]([O-])Nc1cc(F)nc(F)c1Cl. The minimum Gasteiger partial charge on any atom is -0.235 e. The summed E-state index contributed by atoms with van der Waals surface area (Å²) in [6.07, 6.45) is 0. The van der Waals surface area contributed by atoms with Crippen LogP contribution >= 0.6 is 11.6 Å². The molecular weight excluding hydrogens is 208 g/mol. The van der Waals surface area contributed by atoms with Gasteiger partial charge in [-0.25, -0.2) is 10.1 Å². The van der Waals surface area contributed by atoms with Crippen molar-refractivity contribution in [2.75, 3.05) is 5.43 Å². The summed E-state index contributed by atoms with van der Waals surface area (Å²) < 4.78 is 24.9. The predicted molar refractivity (Wildman–Crippen MR) is 39.8 cm³/mol. The van der Waals surface area contributed by atoms with Gasteiger partial charge in [0, 0.05) is 6.07 Å². The highest BCUT2D eigenvalue weighted by atomic mass is 35.5. The van der Waals surface area contributed by atoms with Crippen LogP contribution in [-0.2, 0) is 0 Å². The van der Waals surface area contributed by atoms with Crippen LogP contribution < -0.4 is 5.43 Å². The fourth-order valence-corrected chi connectivity index (χ4v) is 0.787. The molecule has 0 spiro atoms. The molecule has 8 heteroatoms. The van der Waals surface area contributed by atoms with Gasteiger partial charge in [-0.3, -0.25) is 0 Å². The highest BCUT2D eigenvalue weighted by molar-refractivity contribution is 6.33. The molecule has 0 aromatic carbocycles. The molecule has 1 N–H and O–H groups in total. The van der Waals surface area contributed by atoms with Crippen LogP contribution in [0, 0.1) is 22.0 Å². The van der Waals surface area contributed by atoms with E-state index in [-0.39, 0.29) is 0 Å². The number of nitrogens with one attached hydrogen (secondary N) is 1. The molecule has 0 aliphatic rings. The Morgan fingerprint density at radius 3 is 2.77 bits per heavy atom. The summed E-state index contributed by atoms with van der Waals surface area (Å²) in [7, 11) is 0. The number of nitro groups is 1. The van der Waals surface area contributed by atoms with Crippen molar-refractivity contribution in [3.05, 3.63) is 33.1 Å². The number of aromatic nitrogens is 1. The Hall–Kier alpha value is -1.50. The molecule has 1 aromatic rings. The topological polar surface area (TPSA) is 68.1 Å². The van der Waals surface area contributed by atoms with Gasteiger partial charge in [-0.2, -0.15) is 13.8 Å². The number of hydrazine groups is 1. The van der Waals surface area contributed by atoms with Gasteiger partial charge < -0.3 is 0 Å². The Bertz CT molecular complexity index is 360. The summed E-state index contributed by atoms with van der Waals surface area (Å²) in [5.74, 6) is -2.49. The van der Waals surface area contributed by atoms with Crippen molar-refractivity contribution in [3.63, 3.8) is 0 Å². The predicted octanol–water partition coefficient (Wildman–Crippen LogP) is 1.62. The van der Waals surface area contributed by atoms with E-state index in [1.807, 2.05) is 0 Å². The molecule has 5 nitrogen and oxygen atoms in total. The molecule has 0 amide bonds. The molecule has 0 unspecified atom stereocenters. The molecule has 0 radical (unpaired) electrons. The van der Waals surface area contributed by atoms with E-state index in [2.05, 4.69) is 4.98 Å². The zero-order chi connectivity index (χ0) is 10.0. The number of hydrogen-bond donors (Lipinski definition) is 1. The van der Waals surface area contributed by atoms with E-state index in [9.17, 15) is 18.9 Å². The van der Waals surface area contributed by atoms with Crippen molar-refractivity contribution >= 4 is 17.3 Å². The van der Waals surface area contributed by atoms with Gasteiger partial charge in [-0.15, -0.1) is 5.43 Å². The first-order valence-electron chi connectivity index (χ1n) is 2.93. The number of halogens is 3. The van der Waals surface area contributed by atoms with Crippen molar-refractivity contribution in [1.82, 2.24) is 4.98 Å². The quantitative estimate of drug-likeness (QED) is 0.457. The summed E-state index contributed by atoms with van der Waals surface area (Å²) in [5, 5.41) is 8.30. The number of hydrogen-bond acceptors (Lipinski definition) is 3. The Labute approximate surface area is 75.5 Å². The minimum atomic E-state index is -1.30. The summed E-state index contributed by atoms with van der Waals surface area (Å²) in [6, 6.07) is 0.619. The van der Waals surface area contributed by atoms with Gasteiger partial charge in [0.15, 0.2) is 5.03 Å². The smallest absolute Gasteiger partial charge is 0.235 e. The third kappa shape index (κ3) is 2.22. The van der Waals surface area contributed by atoms with Crippen LogP contribution in [0.4, 0.5) is 14.5 Å². The molecule has 0 fully saturated rings. The second kappa shape index (κ2) is 3.48. The molecule has 0 aliphatic heterocycles. The van der Waals surface area contributed by atoms with E-state index in [1.165, 1.54) is 5.43 Å². The first-order chi connectivity index (χ1) is 6.00. The van der Waals surface area contributed by atoms with Crippen LogP contribution in [0.2, 0.25) is 5.02 Å². The highest BCUT2D eigenvalue weighted by Crippen LogP contribution is 2.23. The lowest BCUT2D eigenvalue weighted by molar-refractivity contribution is -0.445. The summed E-state index contributed by atoms with van der Waals surface area (Å²) in [4.78, 5) is 12.6. The van der Waals surface area contributed by atoms with Crippen LogP contribution in [-0.4, -0.2) is 10.0 Å². The molecule has 1 rings (SSSR count). The zero-order valence-corrected chi connectivity index (χ0v) is 6.68.